The van der Waals surface area contributed by atoms with Gasteiger partial charge < -0.3 is 4.90 Å². The first-order chi connectivity index (χ1) is 9.76. The summed E-state index contributed by atoms with van der Waals surface area (Å²) in [6.45, 7) is 0. The molecule has 0 N–H and O–H groups in total. The summed E-state index contributed by atoms with van der Waals surface area (Å²) in [6, 6.07) is 21.7. The van der Waals surface area contributed by atoms with Crippen molar-refractivity contribution in [3.05, 3.63) is 65.7 Å². The average Bonchev–Trinajstić information content (AvgIpc) is 2.53. The maximum absolute atomic E-state index is 9.07. The van der Waals surface area contributed by atoms with Crippen LogP contribution in [0, 0.1) is 22.7 Å². The van der Waals surface area contributed by atoms with Crippen molar-refractivity contribution in [2.75, 3.05) is 11.9 Å². The van der Waals surface area contributed by atoms with Crippen molar-refractivity contribution in [1.29, 1.82) is 10.5 Å². The van der Waals surface area contributed by atoms with Crippen LogP contribution in [0.4, 0.5) is 5.69 Å². The maximum atomic E-state index is 9.07. The summed E-state index contributed by atoms with van der Waals surface area (Å²) in [5.41, 5.74) is 2.66. The Morgan fingerprint density at radius 3 is 2.45 bits per heavy atom. The third-order valence-electron chi connectivity index (χ3n) is 3.32. The lowest BCUT2D eigenvalue weighted by Crippen LogP contribution is -2.23. The zero-order valence-electron chi connectivity index (χ0n) is 11.3. The number of hydrogen-bond donors (Lipinski definition) is 0. The van der Waals surface area contributed by atoms with Crippen LogP contribution >= 0.6 is 0 Å². The number of anilines is 1. The summed E-state index contributed by atoms with van der Waals surface area (Å²) in [7, 11) is 1.95. The van der Waals surface area contributed by atoms with Crippen molar-refractivity contribution >= 4 is 5.69 Å². The van der Waals surface area contributed by atoms with Gasteiger partial charge in [-0.1, -0.05) is 36.4 Å². The lowest BCUT2D eigenvalue weighted by molar-refractivity contribution is 0.687. The van der Waals surface area contributed by atoms with Crippen LogP contribution in [0.1, 0.15) is 23.6 Å². The van der Waals surface area contributed by atoms with Gasteiger partial charge in [-0.25, -0.2) is 0 Å². The van der Waals surface area contributed by atoms with Crippen molar-refractivity contribution < 1.29 is 0 Å². The lowest BCUT2D eigenvalue weighted by atomic mass is 10.0. The molecule has 2 aromatic rings. The summed E-state index contributed by atoms with van der Waals surface area (Å²) in [6.07, 6.45) is 0.400. The van der Waals surface area contributed by atoms with E-state index in [-0.39, 0.29) is 6.04 Å². The fourth-order valence-corrected chi connectivity index (χ4v) is 2.21. The highest BCUT2D eigenvalue weighted by atomic mass is 15.1. The van der Waals surface area contributed by atoms with Gasteiger partial charge in [-0.2, -0.15) is 10.5 Å². The Hall–Kier alpha value is -2.78. The van der Waals surface area contributed by atoms with Crippen molar-refractivity contribution in [3.8, 4) is 12.1 Å². The Balaban J connectivity index is 2.34. The monoisotopic (exact) mass is 261 g/mol. The van der Waals surface area contributed by atoms with Crippen LogP contribution in [0.3, 0.4) is 0 Å². The maximum Gasteiger partial charge on any atom is 0.0992 e. The molecule has 0 saturated carbocycles. The highest BCUT2D eigenvalue weighted by molar-refractivity contribution is 5.52. The number of nitrogens with zero attached hydrogens (tertiary/aromatic N) is 3. The van der Waals surface area contributed by atoms with Gasteiger partial charge in [-0.3, -0.25) is 0 Å². The zero-order chi connectivity index (χ0) is 14.4. The quantitative estimate of drug-likeness (QED) is 0.844. The third kappa shape index (κ3) is 2.96. The lowest BCUT2D eigenvalue weighted by Gasteiger charge is -2.29. The first-order valence-electron chi connectivity index (χ1n) is 6.41. The van der Waals surface area contributed by atoms with Gasteiger partial charge in [0.15, 0.2) is 0 Å². The Morgan fingerprint density at radius 2 is 1.80 bits per heavy atom. The molecule has 0 aliphatic carbocycles. The van der Waals surface area contributed by atoms with Crippen molar-refractivity contribution in [2.45, 2.75) is 12.5 Å². The molecule has 0 radical (unpaired) electrons. The molecule has 2 rings (SSSR count). The van der Waals surface area contributed by atoms with Crippen LogP contribution in [-0.2, 0) is 0 Å². The highest BCUT2D eigenvalue weighted by Gasteiger charge is 2.17. The second kappa shape index (κ2) is 6.41. The molecule has 0 saturated heterocycles. The molecule has 20 heavy (non-hydrogen) atoms. The summed E-state index contributed by atoms with van der Waals surface area (Å²) >= 11 is 0. The minimum atomic E-state index is -0.0184. The van der Waals surface area contributed by atoms with Crippen LogP contribution in [0.5, 0.6) is 0 Å². The fourth-order valence-electron chi connectivity index (χ4n) is 2.21. The molecule has 1 atom stereocenters. The van der Waals surface area contributed by atoms with Crippen molar-refractivity contribution in [3.63, 3.8) is 0 Å². The molecular weight excluding hydrogens is 246 g/mol. The first-order valence-corrected chi connectivity index (χ1v) is 6.41. The molecule has 3 nitrogen and oxygen atoms in total. The molecule has 0 aliphatic heterocycles. The Bertz CT molecular complexity index is 650. The number of nitriles is 2. The normalized spacial score (nSPS) is 11.2. The summed E-state index contributed by atoms with van der Waals surface area (Å²) in [4.78, 5) is 2.04. The van der Waals surface area contributed by atoms with E-state index < -0.39 is 0 Å². The van der Waals surface area contributed by atoms with Gasteiger partial charge in [0.25, 0.3) is 0 Å². The summed E-state index contributed by atoms with van der Waals surface area (Å²) in [5.74, 6) is 0. The van der Waals surface area contributed by atoms with Crippen LogP contribution in [-0.4, -0.2) is 7.05 Å². The van der Waals surface area contributed by atoms with Gasteiger partial charge in [0.05, 0.1) is 30.2 Å². The molecule has 3 heteroatoms. The second-order valence-electron chi connectivity index (χ2n) is 4.56. The van der Waals surface area contributed by atoms with Crippen molar-refractivity contribution in [2.24, 2.45) is 0 Å². The van der Waals surface area contributed by atoms with E-state index in [1.54, 1.807) is 6.07 Å². The second-order valence-corrected chi connectivity index (χ2v) is 4.56. The molecule has 0 amide bonds. The van der Waals surface area contributed by atoms with Gasteiger partial charge in [0, 0.05) is 12.7 Å². The van der Waals surface area contributed by atoms with Gasteiger partial charge >= 0.3 is 0 Å². The minimum absolute atomic E-state index is 0.0184. The molecule has 1 unspecified atom stereocenters. The van der Waals surface area contributed by atoms with Gasteiger partial charge in [-0.15, -0.1) is 0 Å². The summed E-state index contributed by atoms with van der Waals surface area (Å²) in [5, 5.41) is 18.0. The zero-order valence-corrected chi connectivity index (χ0v) is 11.3. The van der Waals surface area contributed by atoms with E-state index >= 15 is 0 Å². The van der Waals surface area contributed by atoms with Crippen LogP contribution in [0.2, 0.25) is 0 Å². The first kappa shape index (κ1) is 13.6. The minimum Gasteiger partial charge on any atom is -0.366 e. The Morgan fingerprint density at radius 1 is 1.05 bits per heavy atom. The van der Waals surface area contributed by atoms with Crippen LogP contribution in [0.25, 0.3) is 0 Å². The molecule has 0 heterocycles. The molecule has 0 spiro atoms. The molecular formula is C17H15N3. The molecule has 98 valence electrons. The van der Waals surface area contributed by atoms with E-state index in [0.717, 1.165) is 11.3 Å². The molecule has 0 aromatic heterocycles. The topological polar surface area (TPSA) is 50.8 Å². The number of hydrogen-bond acceptors (Lipinski definition) is 3. The standard InChI is InChI=1S/C17H15N3/c1-20(16-9-5-6-14(12-16)13-19)17(10-11-18)15-7-3-2-4-8-15/h2-9,12,17H,10H2,1H3. The smallest absolute Gasteiger partial charge is 0.0992 e. The van der Waals surface area contributed by atoms with Crippen LogP contribution in [0.15, 0.2) is 54.6 Å². The van der Waals surface area contributed by atoms with E-state index in [1.807, 2.05) is 60.5 Å². The van der Waals surface area contributed by atoms with E-state index in [0.29, 0.717) is 12.0 Å². The van der Waals surface area contributed by atoms with Gasteiger partial charge in [0.1, 0.15) is 0 Å². The SMILES string of the molecule is CN(c1cccc(C#N)c1)C(CC#N)c1ccccc1. The number of rotatable bonds is 4. The Labute approximate surface area is 119 Å². The average molecular weight is 261 g/mol. The molecule has 0 bridgehead atoms. The highest BCUT2D eigenvalue weighted by Crippen LogP contribution is 2.28. The van der Waals surface area contributed by atoms with E-state index in [1.165, 1.54) is 0 Å². The van der Waals surface area contributed by atoms with Gasteiger partial charge in [-0.05, 0) is 23.8 Å². The fraction of sp³-hybridized carbons (Fsp3) is 0.176. The van der Waals surface area contributed by atoms with E-state index in [4.69, 9.17) is 10.5 Å². The van der Waals surface area contributed by atoms with Crippen molar-refractivity contribution in [1.82, 2.24) is 0 Å². The largest absolute Gasteiger partial charge is 0.366 e. The predicted octanol–water partition coefficient (Wildman–Crippen LogP) is 3.65. The summed E-state index contributed by atoms with van der Waals surface area (Å²) < 4.78 is 0. The molecule has 2 aromatic carbocycles. The Kier molecular flexibility index (Phi) is 4.37. The van der Waals surface area contributed by atoms with E-state index in [2.05, 4.69) is 12.1 Å². The van der Waals surface area contributed by atoms with Gasteiger partial charge in [0.2, 0.25) is 0 Å². The van der Waals surface area contributed by atoms with E-state index in [9.17, 15) is 0 Å². The molecule has 0 fully saturated rings. The predicted molar refractivity (Wildman–Crippen MR) is 79.0 cm³/mol. The van der Waals surface area contributed by atoms with Crippen LogP contribution < -0.4 is 4.90 Å². The third-order valence-corrected chi connectivity index (χ3v) is 3.32. The number of benzene rings is 2. The molecule has 0 aliphatic rings.